The zero-order valence-corrected chi connectivity index (χ0v) is 9.43. The summed E-state index contributed by atoms with van der Waals surface area (Å²) >= 11 is 0. The van der Waals surface area contributed by atoms with E-state index in [-0.39, 0.29) is 5.56 Å². The first kappa shape index (κ1) is 9.21. The molecule has 16 heavy (non-hydrogen) atoms. The van der Waals surface area contributed by atoms with Crippen molar-refractivity contribution >= 4 is 16.8 Å². The molecule has 82 valence electrons. The Bertz CT molecular complexity index is 753. The number of aryl methyl sites for hydroxylation is 3. The standard InChI is InChI=1S/C11H12N4O/c1-7-6-15-10(16)8-4-5-13(2)9(8)14(3)11(15)12-7/h4-6H,1-3H3. The third-order valence-corrected chi connectivity index (χ3v) is 2.91. The molecule has 0 unspecified atom stereocenters. The van der Waals surface area contributed by atoms with Gasteiger partial charge in [0.15, 0.2) is 0 Å². The predicted octanol–water partition coefficient (Wildman–Crippen LogP) is 0.833. The lowest BCUT2D eigenvalue weighted by molar-refractivity contribution is 0.844. The van der Waals surface area contributed by atoms with Crippen LogP contribution in [0.2, 0.25) is 0 Å². The summed E-state index contributed by atoms with van der Waals surface area (Å²) in [5.74, 6) is 0.678. The topological polar surface area (TPSA) is 44.2 Å². The predicted molar refractivity (Wildman–Crippen MR) is 61.6 cm³/mol. The van der Waals surface area contributed by atoms with E-state index in [0.717, 1.165) is 16.7 Å². The fraction of sp³-hybridized carbons (Fsp3) is 0.273. The SMILES string of the molecule is Cc1cn2c(=O)c3ccn(C)c3n(C)c2n1. The van der Waals surface area contributed by atoms with E-state index in [1.54, 1.807) is 10.6 Å². The Labute approximate surface area is 91.6 Å². The normalized spacial score (nSPS) is 11.7. The van der Waals surface area contributed by atoms with E-state index in [4.69, 9.17) is 0 Å². The van der Waals surface area contributed by atoms with Crippen LogP contribution in [0.3, 0.4) is 0 Å². The van der Waals surface area contributed by atoms with Gasteiger partial charge in [0.1, 0.15) is 5.65 Å². The summed E-state index contributed by atoms with van der Waals surface area (Å²) in [7, 11) is 3.84. The Morgan fingerprint density at radius 3 is 2.81 bits per heavy atom. The van der Waals surface area contributed by atoms with Gasteiger partial charge in [0.05, 0.1) is 11.1 Å². The van der Waals surface area contributed by atoms with Gasteiger partial charge in [-0.05, 0) is 13.0 Å². The van der Waals surface area contributed by atoms with Crippen LogP contribution in [0.25, 0.3) is 16.8 Å². The second-order valence-electron chi connectivity index (χ2n) is 4.08. The summed E-state index contributed by atoms with van der Waals surface area (Å²) in [6, 6.07) is 1.84. The molecule has 0 spiro atoms. The molecule has 0 radical (unpaired) electrons. The summed E-state index contributed by atoms with van der Waals surface area (Å²) in [4.78, 5) is 16.5. The minimum atomic E-state index is -0.00991. The maximum Gasteiger partial charge on any atom is 0.268 e. The molecule has 3 aromatic rings. The van der Waals surface area contributed by atoms with E-state index in [2.05, 4.69) is 4.98 Å². The minimum absolute atomic E-state index is 0.00991. The van der Waals surface area contributed by atoms with E-state index in [1.807, 2.05) is 42.4 Å². The van der Waals surface area contributed by atoms with Crippen molar-refractivity contribution in [1.29, 1.82) is 0 Å². The smallest absolute Gasteiger partial charge is 0.268 e. The van der Waals surface area contributed by atoms with Crippen LogP contribution in [0.15, 0.2) is 23.3 Å². The lowest BCUT2D eigenvalue weighted by atomic mass is 10.4. The number of fused-ring (bicyclic) bond motifs is 2. The van der Waals surface area contributed by atoms with E-state index < -0.39 is 0 Å². The molecule has 0 N–H and O–H groups in total. The fourth-order valence-corrected chi connectivity index (χ4v) is 2.20. The van der Waals surface area contributed by atoms with E-state index >= 15 is 0 Å². The van der Waals surface area contributed by atoms with Crippen molar-refractivity contribution in [3.63, 3.8) is 0 Å². The van der Waals surface area contributed by atoms with E-state index in [0.29, 0.717) is 5.78 Å². The van der Waals surface area contributed by atoms with Crippen LogP contribution in [-0.2, 0) is 14.1 Å². The number of aromatic nitrogens is 4. The molecule has 3 aromatic heterocycles. The summed E-state index contributed by atoms with van der Waals surface area (Å²) < 4.78 is 5.46. The van der Waals surface area contributed by atoms with Gasteiger partial charge in [-0.2, -0.15) is 0 Å². The largest absolute Gasteiger partial charge is 0.337 e. The molecule has 3 rings (SSSR count). The molecule has 3 heterocycles. The highest BCUT2D eigenvalue weighted by molar-refractivity contribution is 5.77. The molecule has 0 saturated heterocycles. The van der Waals surface area contributed by atoms with Gasteiger partial charge in [-0.1, -0.05) is 0 Å². The van der Waals surface area contributed by atoms with Gasteiger partial charge < -0.3 is 4.57 Å². The van der Waals surface area contributed by atoms with Gasteiger partial charge in [0.2, 0.25) is 5.78 Å². The maximum atomic E-state index is 12.2. The molecular weight excluding hydrogens is 204 g/mol. The Balaban J connectivity index is 2.73. The first-order valence-corrected chi connectivity index (χ1v) is 5.09. The van der Waals surface area contributed by atoms with Crippen molar-refractivity contribution in [3.05, 3.63) is 34.5 Å². The monoisotopic (exact) mass is 216 g/mol. The van der Waals surface area contributed by atoms with Crippen molar-refractivity contribution in [3.8, 4) is 0 Å². The van der Waals surface area contributed by atoms with Gasteiger partial charge in [-0.25, -0.2) is 4.98 Å². The molecule has 0 amide bonds. The second kappa shape index (κ2) is 2.75. The van der Waals surface area contributed by atoms with Gasteiger partial charge in [0, 0.05) is 26.5 Å². The van der Waals surface area contributed by atoms with Crippen molar-refractivity contribution in [2.24, 2.45) is 14.1 Å². The van der Waals surface area contributed by atoms with Crippen LogP contribution in [0.5, 0.6) is 0 Å². The van der Waals surface area contributed by atoms with Crippen molar-refractivity contribution < 1.29 is 0 Å². The minimum Gasteiger partial charge on any atom is -0.337 e. The molecule has 0 aliphatic carbocycles. The Morgan fingerprint density at radius 1 is 1.31 bits per heavy atom. The molecule has 0 fully saturated rings. The first-order valence-electron chi connectivity index (χ1n) is 5.09. The number of hydrogen-bond donors (Lipinski definition) is 0. The van der Waals surface area contributed by atoms with Crippen molar-refractivity contribution in [2.75, 3.05) is 0 Å². The van der Waals surface area contributed by atoms with E-state index in [1.165, 1.54) is 0 Å². The van der Waals surface area contributed by atoms with Crippen LogP contribution in [0.4, 0.5) is 0 Å². The van der Waals surface area contributed by atoms with Crippen molar-refractivity contribution in [2.45, 2.75) is 6.92 Å². The average Bonchev–Trinajstić information content (AvgIpc) is 2.79. The van der Waals surface area contributed by atoms with E-state index in [9.17, 15) is 4.79 Å². The molecule has 0 aliphatic rings. The third-order valence-electron chi connectivity index (χ3n) is 2.91. The van der Waals surface area contributed by atoms with Gasteiger partial charge in [0.25, 0.3) is 5.56 Å². The Hall–Kier alpha value is -2.04. The molecule has 5 nitrogen and oxygen atoms in total. The van der Waals surface area contributed by atoms with Crippen molar-refractivity contribution in [1.82, 2.24) is 18.5 Å². The fourth-order valence-electron chi connectivity index (χ4n) is 2.20. The quantitative estimate of drug-likeness (QED) is 0.558. The van der Waals surface area contributed by atoms with Gasteiger partial charge in [-0.3, -0.25) is 13.8 Å². The zero-order chi connectivity index (χ0) is 11.4. The summed E-state index contributed by atoms with van der Waals surface area (Å²) in [6.45, 7) is 1.89. The molecule has 0 aromatic carbocycles. The third kappa shape index (κ3) is 0.946. The summed E-state index contributed by atoms with van der Waals surface area (Å²) in [5.41, 5.74) is 1.73. The number of hydrogen-bond acceptors (Lipinski definition) is 2. The van der Waals surface area contributed by atoms with Crippen LogP contribution in [-0.4, -0.2) is 18.5 Å². The average molecular weight is 216 g/mol. The highest BCUT2D eigenvalue weighted by Gasteiger charge is 2.12. The Morgan fingerprint density at radius 2 is 2.06 bits per heavy atom. The van der Waals surface area contributed by atoms with Crippen LogP contribution in [0.1, 0.15) is 5.69 Å². The van der Waals surface area contributed by atoms with Crippen LogP contribution in [0, 0.1) is 6.92 Å². The summed E-state index contributed by atoms with van der Waals surface area (Å²) in [6.07, 6.45) is 3.66. The Kier molecular flexibility index (Phi) is 1.58. The number of nitrogens with zero attached hydrogens (tertiary/aromatic N) is 4. The molecule has 0 atom stereocenters. The van der Waals surface area contributed by atoms with Gasteiger partial charge in [-0.15, -0.1) is 0 Å². The maximum absolute atomic E-state index is 12.2. The lowest BCUT2D eigenvalue weighted by Gasteiger charge is -2.05. The number of imidazole rings is 1. The highest BCUT2D eigenvalue weighted by atomic mass is 16.1. The molecule has 0 saturated carbocycles. The van der Waals surface area contributed by atoms with Crippen LogP contribution < -0.4 is 5.56 Å². The molecule has 0 aliphatic heterocycles. The van der Waals surface area contributed by atoms with Crippen LogP contribution >= 0.6 is 0 Å². The van der Waals surface area contributed by atoms with Gasteiger partial charge >= 0.3 is 0 Å². The highest BCUT2D eigenvalue weighted by Crippen LogP contribution is 2.12. The zero-order valence-electron chi connectivity index (χ0n) is 9.43. The number of rotatable bonds is 0. The first-order chi connectivity index (χ1) is 7.59. The summed E-state index contributed by atoms with van der Waals surface area (Å²) in [5, 5.41) is 0.718. The lowest BCUT2D eigenvalue weighted by Crippen LogP contribution is -2.17. The molecule has 5 heteroatoms. The molecular formula is C11H12N4O. The second-order valence-corrected chi connectivity index (χ2v) is 4.08. The molecule has 0 bridgehead atoms.